The summed E-state index contributed by atoms with van der Waals surface area (Å²) in [6.45, 7) is 2.36. The van der Waals surface area contributed by atoms with E-state index in [4.69, 9.17) is 9.97 Å². The summed E-state index contributed by atoms with van der Waals surface area (Å²) >= 11 is 0. The number of urea groups is 1. The second kappa shape index (κ2) is 9.56. The summed E-state index contributed by atoms with van der Waals surface area (Å²) in [4.78, 5) is 26.5. The Morgan fingerprint density at radius 1 is 0.886 bits per heavy atom. The second-order valence-corrected chi connectivity index (χ2v) is 8.85. The molecule has 9 heteroatoms. The number of nitrogens with one attached hydrogen (secondary N) is 1. The van der Waals surface area contributed by atoms with Crippen LogP contribution in [0.25, 0.3) is 11.4 Å². The molecule has 0 saturated carbocycles. The number of nitrogens with zero attached hydrogens (tertiary/aromatic N) is 4. The van der Waals surface area contributed by atoms with Gasteiger partial charge in [-0.1, -0.05) is 42.5 Å². The molecule has 0 radical (unpaired) electrons. The van der Waals surface area contributed by atoms with Crippen LogP contribution in [0.4, 0.5) is 29.5 Å². The van der Waals surface area contributed by atoms with Gasteiger partial charge in [-0.3, -0.25) is 0 Å². The largest absolute Gasteiger partial charge is 0.418 e. The summed E-state index contributed by atoms with van der Waals surface area (Å²) in [6, 6.07) is 14.2. The van der Waals surface area contributed by atoms with Crippen LogP contribution in [0.3, 0.4) is 0 Å². The molecular formula is C26H26F3N5O. The number of halogens is 3. The lowest BCUT2D eigenvalue weighted by atomic mass is 10.0. The number of piperidine rings is 1. The number of para-hydroxylation sites is 1. The molecule has 2 aliphatic heterocycles. The van der Waals surface area contributed by atoms with E-state index in [1.165, 1.54) is 29.5 Å². The van der Waals surface area contributed by atoms with E-state index in [0.717, 1.165) is 54.6 Å². The summed E-state index contributed by atoms with van der Waals surface area (Å²) in [5, 5.41) is 2.47. The average Bonchev–Trinajstić information content (AvgIpc) is 2.88. The molecule has 0 bridgehead atoms. The van der Waals surface area contributed by atoms with Crippen molar-refractivity contribution in [3.05, 3.63) is 71.4 Å². The molecule has 5 rings (SSSR count). The molecule has 35 heavy (non-hydrogen) atoms. The maximum absolute atomic E-state index is 13.4. The van der Waals surface area contributed by atoms with E-state index >= 15 is 0 Å². The minimum atomic E-state index is -4.55. The zero-order chi connectivity index (χ0) is 24.4. The van der Waals surface area contributed by atoms with Crippen molar-refractivity contribution < 1.29 is 18.0 Å². The first-order valence-corrected chi connectivity index (χ1v) is 11.8. The molecule has 0 atom stereocenters. The lowest BCUT2D eigenvalue weighted by molar-refractivity contribution is -0.136. The summed E-state index contributed by atoms with van der Waals surface area (Å²) in [5.74, 6) is 1.48. The van der Waals surface area contributed by atoms with Gasteiger partial charge in [0.2, 0.25) is 0 Å². The lowest BCUT2D eigenvalue weighted by Crippen LogP contribution is -2.41. The SMILES string of the molecule is O=C(Nc1ccccc1C(F)(F)F)N1CCc2nc(-c3ccccc3)nc(N3CCCCC3)c2C1. The highest BCUT2D eigenvalue weighted by molar-refractivity contribution is 5.90. The molecule has 0 unspecified atom stereocenters. The molecule has 2 amide bonds. The fourth-order valence-electron chi connectivity index (χ4n) is 4.69. The molecule has 0 spiro atoms. The number of carbonyl (C=O) groups excluding carboxylic acids is 1. The first kappa shape index (κ1) is 23.1. The number of aromatic nitrogens is 2. The van der Waals surface area contributed by atoms with Crippen molar-refractivity contribution in [1.82, 2.24) is 14.9 Å². The lowest BCUT2D eigenvalue weighted by Gasteiger charge is -2.34. The summed E-state index contributed by atoms with van der Waals surface area (Å²) in [6.07, 6.45) is -0.743. The van der Waals surface area contributed by atoms with E-state index in [9.17, 15) is 18.0 Å². The Morgan fingerprint density at radius 3 is 2.34 bits per heavy atom. The Labute approximate surface area is 201 Å². The molecule has 2 aromatic carbocycles. The molecular weight excluding hydrogens is 455 g/mol. The van der Waals surface area contributed by atoms with Crippen LogP contribution in [0.5, 0.6) is 0 Å². The Bertz CT molecular complexity index is 1210. The molecule has 3 aromatic rings. The highest BCUT2D eigenvalue weighted by atomic mass is 19.4. The van der Waals surface area contributed by atoms with Crippen LogP contribution in [0.1, 0.15) is 36.1 Å². The predicted molar refractivity (Wildman–Crippen MR) is 128 cm³/mol. The summed E-state index contributed by atoms with van der Waals surface area (Å²) in [7, 11) is 0. The fraction of sp³-hybridized carbons (Fsp3) is 0.346. The van der Waals surface area contributed by atoms with Crippen LogP contribution in [-0.2, 0) is 19.1 Å². The van der Waals surface area contributed by atoms with Gasteiger partial charge in [0, 0.05) is 37.2 Å². The minimum Gasteiger partial charge on any atom is -0.356 e. The molecule has 1 fully saturated rings. The predicted octanol–water partition coefficient (Wildman–Crippen LogP) is 5.74. The van der Waals surface area contributed by atoms with Gasteiger partial charge >= 0.3 is 12.2 Å². The average molecular weight is 482 g/mol. The van der Waals surface area contributed by atoms with Gasteiger partial charge in [-0.2, -0.15) is 13.2 Å². The van der Waals surface area contributed by atoms with Crippen molar-refractivity contribution in [2.75, 3.05) is 29.9 Å². The molecule has 0 aliphatic carbocycles. The number of hydrogen-bond donors (Lipinski definition) is 1. The van der Waals surface area contributed by atoms with Crippen LogP contribution in [0, 0.1) is 0 Å². The first-order chi connectivity index (χ1) is 16.9. The van der Waals surface area contributed by atoms with E-state index in [1.54, 1.807) is 0 Å². The van der Waals surface area contributed by atoms with Crippen LogP contribution in [-0.4, -0.2) is 40.5 Å². The quantitative estimate of drug-likeness (QED) is 0.518. The minimum absolute atomic E-state index is 0.246. The van der Waals surface area contributed by atoms with Gasteiger partial charge in [0.1, 0.15) is 5.82 Å². The third-order valence-electron chi connectivity index (χ3n) is 6.49. The van der Waals surface area contributed by atoms with Crippen LogP contribution in [0.15, 0.2) is 54.6 Å². The third-order valence-corrected chi connectivity index (χ3v) is 6.49. The summed E-state index contributed by atoms with van der Waals surface area (Å²) in [5.41, 5.74) is 1.58. The Balaban J connectivity index is 1.44. The fourth-order valence-corrected chi connectivity index (χ4v) is 4.69. The van der Waals surface area contributed by atoms with E-state index in [0.29, 0.717) is 18.8 Å². The molecule has 1 saturated heterocycles. The van der Waals surface area contributed by atoms with Crippen molar-refractivity contribution in [3.8, 4) is 11.4 Å². The number of amides is 2. The second-order valence-electron chi connectivity index (χ2n) is 8.85. The number of fused-ring (bicyclic) bond motifs is 1. The Kier molecular flexibility index (Phi) is 6.32. The summed E-state index contributed by atoms with van der Waals surface area (Å²) < 4.78 is 40.2. The van der Waals surface area contributed by atoms with E-state index in [-0.39, 0.29) is 12.2 Å². The number of alkyl halides is 3. The van der Waals surface area contributed by atoms with E-state index in [1.807, 2.05) is 30.3 Å². The number of rotatable bonds is 3. The Hall–Kier alpha value is -3.62. The zero-order valence-corrected chi connectivity index (χ0v) is 19.2. The van der Waals surface area contributed by atoms with Gasteiger partial charge in [0.05, 0.1) is 23.5 Å². The van der Waals surface area contributed by atoms with Crippen molar-refractivity contribution in [1.29, 1.82) is 0 Å². The zero-order valence-electron chi connectivity index (χ0n) is 19.2. The smallest absolute Gasteiger partial charge is 0.356 e. The van der Waals surface area contributed by atoms with Gasteiger partial charge < -0.3 is 15.1 Å². The monoisotopic (exact) mass is 481 g/mol. The first-order valence-electron chi connectivity index (χ1n) is 11.8. The molecule has 6 nitrogen and oxygen atoms in total. The number of benzene rings is 2. The van der Waals surface area contributed by atoms with Crippen LogP contribution >= 0.6 is 0 Å². The number of anilines is 2. The number of carbonyl (C=O) groups is 1. The van der Waals surface area contributed by atoms with E-state index < -0.39 is 17.8 Å². The molecule has 182 valence electrons. The van der Waals surface area contributed by atoms with Crippen LogP contribution < -0.4 is 10.2 Å². The highest BCUT2D eigenvalue weighted by Crippen LogP contribution is 2.35. The normalized spacial score (nSPS) is 16.1. The van der Waals surface area contributed by atoms with Crippen molar-refractivity contribution in [2.24, 2.45) is 0 Å². The van der Waals surface area contributed by atoms with Gasteiger partial charge in [0.15, 0.2) is 5.82 Å². The Morgan fingerprint density at radius 2 is 1.60 bits per heavy atom. The van der Waals surface area contributed by atoms with Crippen molar-refractivity contribution in [2.45, 2.75) is 38.4 Å². The number of hydrogen-bond acceptors (Lipinski definition) is 4. The highest BCUT2D eigenvalue weighted by Gasteiger charge is 2.34. The van der Waals surface area contributed by atoms with Crippen molar-refractivity contribution in [3.63, 3.8) is 0 Å². The molecule has 3 heterocycles. The van der Waals surface area contributed by atoms with Crippen molar-refractivity contribution >= 4 is 17.5 Å². The third kappa shape index (κ3) is 4.94. The van der Waals surface area contributed by atoms with Gasteiger partial charge in [-0.15, -0.1) is 0 Å². The maximum atomic E-state index is 13.4. The standard InChI is InChI=1S/C26H26F3N5O/c27-26(28,29)20-11-5-6-12-22(20)31-25(35)34-16-13-21-19(17-34)24(33-14-7-2-8-15-33)32-23(30-21)18-9-3-1-4-10-18/h1,3-6,9-12H,2,7-8,13-17H2,(H,31,35). The molecule has 1 N–H and O–H groups in total. The van der Waals surface area contributed by atoms with Gasteiger partial charge in [-0.25, -0.2) is 14.8 Å². The molecule has 1 aromatic heterocycles. The molecule has 2 aliphatic rings. The van der Waals surface area contributed by atoms with Crippen LogP contribution in [0.2, 0.25) is 0 Å². The van der Waals surface area contributed by atoms with E-state index in [2.05, 4.69) is 10.2 Å². The van der Waals surface area contributed by atoms with Gasteiger partial charge in [0.25, 0.3) is 0 Å². The topological polar surface area (TPSA) is 61.4 Å². The van der Waals surface area contributed by atoms with Gasteiger partial charge in [-0.05, 0) is 31.4 Å². The maximum Gasteiger partial charge on any atom is 0.418 e.